The molecule has 3 nitrogen and oxygen atoms in total. The zero-order valence-electron chi connectivity index (χ0n) is 6.46. The molecule has 0 bridgehead atoms. The van der Waals surface area contributed by atoms with Gasteiger partial charge in [-0.2, -0.15) is 0 Å². The van der Waals surface area contributed by atoms with Crippen molar-refractivity contribution in [3.05, 3.63) is 27.1 Å². The number of rotatable bonds is 3. The molecule has 0 heterocycles. The fraction of sp³-hybridized carbons (Fsp3) is 0.125. The molecule has 0 saturated heterocycles. The molecule has 1 aromatic rings. The topological polar surface area (TPSA) is 46.5 Å². The van der Waals surface area contributed by atoms with Gasteiger partial charge in [-0.05, 0) is 44.0 Å². The number of carboxylic acid groups (broad SMARTS) is 1. The first kappa shape index (κ1) is 10.5. The van der Waals surface area contributed by atoms with Crippen molar-refractivity contribution in [2.24, 2.45) is 0 Å². The zero-order chi connectivity index (χ0) is 9.84. The Kier molecular flexibility index (Phi) is 3.74. The van der Waals surface area contributed by atoms with Gasteiger partial charge >= 0.3 is 5.97 Å². The maximum Gasteiger partial charge on any atom is 0.341 e. The third kappa shape index (κ3) is 3.00. The molecule has 1 aromatic carbocycles. The molecule has 0 radical (unpaired) electrons. The van der Waals surface area contributed by atoms with E-state index >= 15 is 0 Å². The SMILES string of the molecule is O=C(O)COc1c(Br)cccc1Br. The molecular formula is C8H6Br2O3. The number of carboxylic acids is 1. The van der Waals surface area contributed by atoms with Crippen LogP contribution < -0.4 is 4.74 Å². The van der Waals surface area contributed by atoms with Crippen LogP contribution >= 0.6 is 31.9 Å². The van der Waals surface area contributed by atoms with Crippen LogP contribution in [0.2, 0.25) is 0 Å². The highest BCUT2D eigenvalue weighted by molar-refractivity contribution is 9.11. The van der Waals surface area contributed by atoms with Crippen molar-refractivity contribution < 1.29 is 14.6 Å². The molecule has 5 heteroatoms. The average Bonchev–Trinajstić information content (AvgIpc) is 2.03. The van der Waals surface area contributed by atoms with Crippen LogP contribution in [0, 0.1) is 0 Å². The third-order valence-corrected chi connectivity index (χ3v) is 2.51. The van der Waals surface area contributed by atoms with Crippen molar-refractivity contribution >= 4 is 37.8 Å². The van der Waals surface area contributed by atoms with Gasteiger partial charge in [0, 0.05) is 0 Å². The maximum absolute atomic E-state index is 10.2. The van der Waals surface area contributed by atoms with Gasteiger partial charge in [0.2, 0.25) is 0 Å². The van der Waals surface area contributed by atoms with Crippen molar-refractivity contribution in [3.63, 3.8) is 0 Å². The van der Waals surface area contributed by atoms with Crippen LogP contribution in [0.1, 0.15) is 0 Å². The fourth-order valence-electron chi connectivity index (χ4n) is 0.754. The molecule has 70 valence electrons. The molecule has 0 atom stereocenters. The van der Waals surface area contributed by atoms with E-state index in [0.29, 0.717) is 5.75 Å². The smallest absolute Gasteiger partial charge is 0.341 e. The first-order chi connectivity index (χ1) is 6.11. The molecule has 0 aliphatic rings. The Morgan fingerprint density at radius 2 is 1.92 bits per heavy atom. The molecule has 0 unspecified atom stereocenters. The normalized spacial score (nSPS) is 9.69. The Morgan fingerprint density at radius 1 is 1.38 bits per heavy atom. The summed E-state index contributed by atoms with van der Waals surface area (Å²) in [6, 6.07) is 5.38. The Hall–Kier alpha value is -0.550. The molecular weight excluding hydrogens is 304 g/mol. The van der Waals surface area contributed by atoms with Crippen molar-refractivity contribution in [3.8, 4) is 5.75 Å². The number of aliphatic carboxylic acids is 1. The van der Waals surface area contributed by atoms with Crippen LogP contribution in [-0.2, 0) is 4.79 Å². The molecule has 0 aliphatic carbocycles. The third-order valence-electron chi connectivity index (χ3n) is 1.26. The van der Waals surface area contributed by atoms with Gasteiger partial charge in [0.25, 0.3) is 0 Å². The monoisotopic (exact) mass is 308 g/mol. The minimum atomic E-state index is -0.998. The van der Waals surface area contributed by atoms with Crippen molar-refractivity contribution in [1.82, 2.24) is 0 Å². The zero-order valence-corrected chi connectivity index (χ0v) is 9.63. The first-order valence-corrected chi connectivity index (χ1v) is 4.98. The lowest BCUT2D eigenvalue weighted by molar-refractivity contribution is -0.139. The summed E-state index contributed by atoms with van der Waals surface area (Å²) in [5, 5.41) is 8.40. The highest BCUT2D eigenvalue weighted by Gasteiger charge is 2.07. The van der Waals surface area contributed by atoms with Crippen LogP contribution in [0.15, 0.2) is 27.1 Å². The lowest BCUT2D eigenvalue weighted by atomic mass is 10.3. The summed E-state index contributed by atoms with van der Waals surface area (Å²) in [5.41, 5.74) is 0. The average molecular weight is 310 g/mol. The van der Waals surface area contributed by atoms with Crippen molar-refractivity contribution in [1.29, 1.82) is 0 Å². The van der Waals surface area contributed by atoms with E-state index in [1.165, 1.54) is 0 Å². The van der Waals surface area contributed by atoms with Crippen LogP contribution in [0.25, 0.3) is 0 Å². The molecule has 0 aromatic heterocycles. The van der Waals surface area contributed by atoms with Gasteiger partial charge in [0.1, 0.15) is 5.75 Å². The molecule has 0 aliphatic heterocycles. The molecule has 0 spiro atoms. The number of hydrogen-bond donors (Lipinski definition) is 1. The Labute approximate surface area is 92.0 Å². The lowest BCUT2D eigenvalue weighted by Crippen LogP contribution is -2.09. The standard InChI is InChI=1S/C8H6Br2O3/c9-5-2-1-3-6(10)8(5)13-4-7(11)12/h1-3H,4H2,(H,11,12). The van der Waals surface area contributed by atoms with E-state index in [0.717, 1.165) is 8.95 Å². The van der Waals surface area contributed by atoms with Gasteiger partial charge in [-0.25, -0.2) is 4.79 Å². The van der Waals surface area contributed by atoms with Crippen LogP contribution in [0.3, 0.4) is 0 Å². The minimum Gasteiger partial charge on any atom is -0.480 e. The van der Waals surface area contributed by atoms with Gasteiger partial charge in [0.05, 0.1) is 8.95 Å². The second kappa shape index (κ2) is 4.62. The van der Waals surface area contributed by atoms with Gasteiger partial charge < -0.3 is 9.84 Å². The predicted octanol–water partition coefficient (Wildman–Crippen LogP) is 2.68. The van der Waals surface area contributed by atoms with Crippen molar-refractivity contribution in [2.45, 2.75) is 0 Å². The molecule has 13 heavy (non-hydrogen) atoms. The highest BCUT2D eigenvalue weighted by atomic mass is 79.9. The van der Waals surface area contributed by atoms with E-state index in [4.69, 9.17) is 9.84 Å². The van der Waals surface area contributed by atoms with Crippen LogP contribution in [0.4, 0.5) is 0 Å². The summed E-state index contributed by atoms with van der Waals surface area (Å²) in [6.45, 7) is -0.346. The van der Waals surface area contributed by atoms with Crippen molar-refractivity contribution in [2.75, 3.05) is 6.61 Å². The van der Waals surface area contributed by atoms with Gasteiger partial charge in [-0.3, -0.25) is 0 Å². The van der Waals surface area contributed by atoms with E-state index in [2.05, 4.69) is 31.9 Å². The Bertz CT molecular complexity index is 305. The number of para-hydroxylation sites is 1. The molecule has 0 saturated carbocycles. The molecule has 0 amide bonds. The lowest BCUT2D eigenvalue weighted by Gasteiger charge is -2.07. The summed E-state index contributed by atoms with van der Waals surface area (Å²) in [4.78, 5) is 10.2. The number of hydrogen-bond acceptors (Lipinski definition) is 2. The second-order valence-corrected chi connectivity index (χ2v) is 3.94. The van der Waals surface area contributed by atoms with E-state index in [1.54, 1.807) is 12.1 Å². The second-order valence-electron chi connectivity index (χ2n) is 2.23. The number of ether oxygens (including phenoxy) is 1. The van der Waals surface area contributed by atoms with E-state index in [-0.39, 0.29) is 6.61 Å². The predicted molar refractivity (Wildman–Crippen MR) is 55.0 cm³/mol. The van der Waals surface area contributed by atoms with Gasteiger partial charge in [0.15, 0.2) is 6.61 Å². The highest BCUT2D eigenvalue weighted by Crippen LogP contribution is 2.32. The van der Waals surface area contributed by atoms with Gasteiger partial charge in [-0.1, -0.05) is 6.07 Å². The summed E-state index contributed by atoms with van der Waals surface area (Å²) in [5.74, 6) is -0.493. The van der Waals surface area contributed by atoms with Crippen LogP contribution in [0.5, 0.6) is 5.75 Å². The number of halogens is 2. The maximum atomic E-state index is 10.2. The Morgan fingerprint density at radius 3 is 2.38 bits per heavy atom. The number of benzene rings is 1. The molecule has 1 N–H and O–H groups in total. The summed E-state index contributed by atoms with van der Waals surface area (Å²) < 4.78 is 6.49. The van der Waals surface area contributed by atoms with Gasteiger partial charge in [-0.15, -0.1) is 0 Å². The number of carbonyl (C=O) groups is 1. The molecule has 1 rings (SSSR count). The van der Waals surface area contributed by atoms with E-state index in [1.807, 2.05) is 6.07 Å². The first-order valence-electron chi connectivity index (χ1n) is 3.40. The summed E-state index contributed by atoms with van der Waals surface area (Å²) in [7, 11) is 0. The minimum absolute atomic E-state index is 0.346. The van der Waals surface area contributed by atoms with E-state index in [9.17, 15) is 4.79 Å². The van der Waals surface area contributed by atoms with E-state index < -0.39 is 5.97 Å². The largest absolute Gasteiger partial charge is 0.480 e. The fourth-order valence-corrected chi connectivity index (χ4v) is 1.98. The summed E-state index contributed by atoms with van der Waals surface area (Å²) >= 11 is 6.50. The quantitative estimate of drug-likeness (QED) is 0.934. The Balaban J connectivity index is 2.81. The van der Waals surface area contributed by atoms with Crippen LogP contribution in [-0.4, -0.2) is 17.7 Å². The summed E-state index contributed by atoms with van der Waals surface area (Å²) in [6.07, 6.45) is 0. The molecule has 0 fully saturated rings.